The Labute approximate surface area is 224 Å². The van der Waals surface area contributed by atoms with Crippen molar-refractivity contribution in [1.29, 1.82) is 0 Å². The van der Waals surface area contributed by atoms with Gasteiger partial charge < -0.3 is 30.9 Å². The van der Waals surface area contributed by atoms with Crippen molar-refractivity contribution in [3.63, 3.8) is 0 Å². The summed E-state index contributed by atoms with van der Waals surface area (Å²) >= 11 is 0. The van der Waals surface area contributed by atoms with Gasteiger partial charge in [0.25, 0.3) is 5.91 Å². The summed E-state index contributed by atoms with van der Waals surface area (Å²) in [5.74, 6) is -1.29. The fraction of sp³-hybridized carbons (Fsp3) is 0.517. The summed E-state index contributed by atoms with van der Waals surface area (Å²) in [7, 11) is 1.47. The van der Waals surface area contributed by atoms with Crippen molar-refractivity contribution in [2.24, 2.45) is 11.7 Å². The van der Waals surface area contributed by atoms with Crippen molar-refractivity contribution in [3.05, 3.63) is 59.4 Å². The Bertz CT molecular complexity index is 1100. The Balaban J connectivity index is 2.02. The maximum atomic E-state index is 15.5. The van der Waals surface area contributed by atoms with Gasteiger partial charge in [0.15, 0.2) is 0 Å². The molecule has 2 amide bonds. The Kier molecular flexibility index (Phi) is 10.6. The summed E-state index contributed by atoms with van der Waals surface area (Å²) in [6.07, 6.45) is 0.912. The molecule has 2 aromatic carbocycles. The van der Waals surface area contributed by atoms with Crippen LogP contribution in [0.15, 0.2) is 42.5 Å². The molecule has 3 unspecified atom stereocenters. The van der Waals surface area contributed by atoms with Crippen LogP contribution in [-0.2, 0) is 21.6 Å². The number of halogens is 1. The number of amides is 2. The van der Waals surface area contributed by atoms with Crippen LogP contribution in [0.3, 0.4) is 0 Å². The van der Waals surface area contributed by atoms with Crippen molar-refractivity contribution >= 4 is 12.0 Å². The summed E-state index contributed by atoms with van der Waals surface area (Å²) in [6, 6.07) is 12.3. The first kappa shape index (κ1) is 29.5. The maximum absolute atomic E-state index is 15.5. The Morgan fingerprint density at radius 2 is 2.05 bits per heavy atom. The number of carbonyl (C=O) groups excluding carboxylic acids is 2. The minimum absolute atomic E-state index is 0.0720. The number of nitrogens with one attached hydrogen (secondary N) is 1. The topological polar surface area (TPSA) is 125 Å². The van der Waals surface area contributed by atoms with Gasteiger partial charge >= 0.3 is 6.09 Å². The monoisotopic (exact) mass is 529 g/mol. The molecule has 2 aromatic rings. The highest BCUT2D eigenvalue weighted by molar-refractivity contribution is 5.80. The molecule has 0 saturated carbocycles. The standard InChI is InChI=1S/C29H40FN3O5/c1-3-20-8-4-9-21(18-20)26-23(11-5-12-24(26)30)29(37,14-7-17-38-28(36)32-2)22-10-6-16-33(19-22)27(35)25(34)13-15-31/h4-5,8-9,11-12,18,22,25,34,37H,3,6-7,10,13-17,19,31H2,1-2H3,(H,32,36). The zero-order valence-electron chi connectivity index (χ0n) is 22.3. The molecule has 1 fully saturated rings. The van der Waals surface area contributed by atoms with Crippen LogP contribution in [0.2, 0.25) is 0 Å². The van der Waals surface area contributed by atoms with E-state index in [2.05, 4.69) is 5.32 Å². The van der Waals surface area contributed by atoms with E-state index < -0.39 is 35.4 Å². The lowest BCUT2D eigenvalue weighted by molar-refractivity contribution is -0.145. The average molecular weight is 530 g/mol. The van der Waals surface area contributed by atoms with E-state index >= 15 is 4.39 Å². The van der Waals surface area contributed by atoms with Gasteiger partial charge in [-0.1, -0.05) is 43.3 Å². The number of aliphatic hydroxyl groups excluding tert-OH is 1. The molecule has 0 bridgehead atoms. The van der Waals surface area contributed by atoms with E-state index in [9.17, 15) is 19.8 Å². The van der Waals surface area contributed by atoms with Gasteiger partial charge in [0.1, 0.15) is 11.9 Å². The lowest BCUT2D eigenvalue weighted by Crippen LogP contribution is -2.51. The molecule has 1 heterocycles. The van der Waals surface area contributed by atoms with Crippen LogP contribution >= 0.6 is 0 Å². The first-order chi connectivity index (χ1) is 18.2. The third-order valence-electron chi connectivity index (χ3n) is 7.38. The third-order valence-corrected chi connectivity index (χ3v) is 7.38. The van der Waals surface area contributed by atoms with E-state index in [1.54, 1.807) is 17.0 Å². The molecule has 0 aromatic heterocycles. The normalized spacial score (nSPS) is 17.9. The van der Waals surface area contributed by atoms with Crippen LogP contribution in [-0.4, -0.2) is 66.5 Å². The van der Waals surface area contributed by atoms with Crippen molar-refractivity contribution in [1.82, 2.24) is 10.2 Å². The average Bonchev–Trinajstić information content (AvgIpc) is 2.94. The van der Waals surface area contributed by atoms with Crippen LogP contribution < -0.4 is 11.1 Å². The first-order valence-corrected chi connectivity index (χ1v) is 13.4. The maximum Gasteiger partial charge on any atom is 0.406 e. The van der Waals surface area contributed by atoms with Gasteiger partial charge in [0.2, 0.25) is 0 Å². The van der Waals surface area contributed by atoms with Gasteiger partial charge in [-0.2, -0.15) is 0 Å². The number of alkyl carbamates (subject to hydrolysis) is 1. The van der Waals surface area contributed by atoms with Crippen molar-refractivity contribution < 1.29 is 28.9 Å². The largest absolute Gasteiger partial charge is 0.450 e. The molecule has 5 N–H and O–H groups in total. The number of ether oxygens (including phenoxy) is 1. The van der Waals surface area contributed by atoms with Gasteiger partial charge in [0, 0.05) is 31.6 Å². The first-order valence-electron chi connectivity index (χ1n) is 13.4. The van der Waals surface area contributed by atoms with E-state index in [-0.39, 0.29) is 32.5 Å². The highest BCUT2D eigenvalue weighted by atomic mass is 19.1. The molecule has 3 atom stereocenters. The van der Waals surface area contributed by atoms with Gasteiger partial charge in [0.05, 0.1) is 12.2 Å². The summed E-state index contributed by atoms with van der Waals surface area (Å²) in [5.41, 5.74) is 6.48. The third kappa shape index (κ3) is 6.89. The highest BCUT2D eigenvalue weighted by Crippen LogP contribution is 2.44. The fourth-order valence-corrected chi connectivity index (χ4v) is 5.32. The summed E-state index contributed by atoms with van der Waals surface area (Å²) < 4.78 is 20.7. The van der Waals surface area contributed by atoms with Crippen LogP contribution in [0, 0.1) is 11.7 Å². The smallest absolute Gasteiger partial charge is 0.406 e. The van der Waals surface area contributed by atoms with Crippen molar-refractivity contribution in [3.8, 4) is 11.1 Å². The molecule has 0 aliphatic carbocycles. The van der Waals surface area contributed by atoms with E-state index in [0.29, 0.717) is 42.5 Å². The number of aliphatic hydroxyl groups is 2. The number of nitrogens with zero attached hydrogens (tertiary/aromatic N) is 1. The van der Waals surface area contributed by atoms with Crippen LogP contribution in [0.1, 0.15) is 50.2 Å². The zero-order chi connectivity index (χ0) is 27.7. The summed E-state index contributed by atoms with van der Waals surface area (Å²) in [6.45, 7) is 2.95. The fourth-order valence-electron chi connectivity index (χ4n) is 5.32. The number of hydrogen-bond donors (Lipinski definition) is 4. The Hall–Kier alpha value is -3.01. The van der Waals surface area contributed by atoms with Crippen LogP contribution in [0.25, 0.3) is 11.1 Å². The number of aryl methyl sites for hydroxylation is 1. The zero-order valence-corrected chi connectivity index (χ0v) is 22.3. The van der Waals surface area contributed by atoms with E-state index in [0.717, 1.165) is 12.0 Å². The molecule has 1 aliphatic rings. The van der Waals surface area contributed by atoms with Crippen molar-refractivity contribution in [2.75, 3.05) is 33.3 Å². The second kappa shape index (κ2) is 13.7. The van der Waals surface area contributed by atoms with E-state index in [4.69, 9.17) is 10.5 Å². The van der Waals surface area contributed by atoms with Gasteiger partial charge in [-0.15, -0.1) is 0 Å². The summed E-state index contributed by atoms with van der Waals surface area (Å²) in [5, 5.41) is 25.1. The second-order valence-corrected chi connectivity index (χ2v) is 9.85. The number of nitrogens with two attached hydrogens (primary N) is 1. The molecular formula is C29H40FN3O5. The van der Waals surface area contributed by atoms with Gasteiger partial charge in [-0.25, -0.2) is 9.18 Å². The van der Waals surface area contributed by atoms with E-state index in [1.165, 1.54) is 13.1 Å². The van der Waals surface area contributed by atoms with Gasteiger partial charge in [-0.3, -0.25) is 4.79 Å². The van der Waals surface area contributed by atoms with Gasteiger partial charge in [-0.05, 0) is 67.8 Å². The number of hydrogen-bond acceptors (Lipinski definition) is 6. The highest BCUT2D eigenvalue weighted by Gasteiger charge is 2.43. The molecule has 0 spiro atoms. The molecule has 208 valence electrons. The predicted octanol–water partition coefficient (Wildman–Crippen LogP) is 3.33. The summed E-state index contributed by atoms with van der Waals surface area (Å²) in [4.78, 5) is 26.0. The van der Waals surface area contributed by atoms with E-state index in [1.807, 2.05) is 31.2 Å². The molecule has 38 heavy (non-hydrogen) atoms. The van der Waals surface area contributed by atoms with Crippen LogP contribution in [0.4, 0.5) is 9.18 Å². The predicted molar refractivity (Wildman–Crippen MR) is 144 cm³/mol. The minimum atomic E-state index is -1.52. The Morgan fingerprint density at radius 3 is 2.76 bits per heavy atom. The number of piperidine rings is 1. The lowest BCUT2D eigenvalue weighted by atomic mass is 9.72. The lowest BCUT2D eigenvalue weighted by Gasteiger charge is -2.44. The Morgan fingerprint density at radius 1 is 1.29 bits per heavy atom. The quantitative estimate of drug-likeness (QED) is 0.331. The molecule has 9 heteroatoms. The molecule has 1 aliphatic heterocycles. The SMILES string of the molecule is CCc1cccc(-c2c(F)cccc2C(O)(CCCOC(=O)NC)C2CCCN(C(=O)C(O)CCN)C2)c1. The number of benzene rings is 2. The molecule has 0 radical (unpaired) electrons. The minimum Gasteiger partial charge on any atom is -0.450 e. The molecule has 3 rings (SSSR count). The number of carbonyl (C=O) groups is 2. The number of rotatable bonds is 11. The van der Waals surface area contributed by atoms with Crippen molar-refractivity contribution in [2.45, 2.75) is 57.2 Å². The molecule has 1 saturated heterocycles. The second-order valence-electron chi connectivity index (χ2n) is 9.85. The molecule has 8 nitrogen and oxygen atoms in total. The number of likely N-dealkylation sites (tertiary alicyclic amines) is 1. The molecular weight excluding hydrogens is 489 g/mol. The van der Waals surface area contributed by atoms with Crippen LogP contribution in [0.5, 0.6) is 0 Å².